The molecule has 0 aliphatic rings. The van der Waals surface area contributed by atoms with Crippen molar-refractivity contribution in [3.05, 3.63) is 112 Å². The van der Waals surface area contributed by atoms with Crippen molar-refractivity contribution in [2.45, 2.75) is 20.1 Å². The Morgan fingerprint density at radius 3 is 2.69 bits per heavy atom. The van der Waals surface area contributed by atoms with E-state index in [4.69, 9.17) is 9.47 Å². The van der Waals surface area contributed by atoms with Gasteiger partial charge in [-0.1, -0.05) is 42.5 Å². The zero-order valence-electron chi connectivity index (χ0n) is 17.7. The van der Waals surface area contributed by atoms with E-state index in [1.54, 1.807) is 6.07 Å². The van der Waals surface area contributed by atoms with Crippen molar-refractivity contribution in [2.24, 2.45) is 0 Å². The number of benzene rings is 3. The van der Waals surface area contributed by atoms with Crippen LogP contribution in [-0.2, 0) is 13.2 Å². The highest BCUT2D eigenvalue weighted by atomic mass is 16.5. The Balaban J connectivity index is 1.29. The average Bonchev–Trinajstić information content (AvgIpc) is 2.83. The first kappa shape index (κ1) is 19.8. The van der Waals surface area contributed by atoms with E-state index in [0.717, 1.165) is 50.1 Å². The molecule has 2 aromatic heterocycles. The molecule has 0 radical (unpaired) electrons. The molecule has 158 valence electrons. The summed E-state index contributed by atoms with van der Waals surface area (Å²) in [6, 6.07) is 27.1. The molecule has 0 amide bonds. The van der Waals surface area contributed by atoms with Crippen molar-refractivity contribution >= 4 is 21.8 Å². The lowest BCUT2D eigenvalue weighted by Crippen LogP contribution is -2.05. The van der Waals surface area contributed by atoms with Gasteiger partial charge in [0.25, 0.3) is 0 Å². The van der Waals surface area contributed by atoms with Crippen LogP contribution in [0.3, 0.4) is 0 Å². The summed E-state index contributed by atoms with van der Waals surface area (Å²) >= 11 is 0. The zero-order chi connectivity index (χ0) is 21.9. The van der Waals surface area contributed by atoms with Gasteiger partial charge in [-0.15, -0.1) is 0 Å². The summed E-state index contributed by atoms with van der Waals surface area (Å²) in [6.45, 7) is 2.75. The normalized spacial score (nSPS) is 11.0. The van der Waals surface area contributed by atoms with Crippen LogP contribution in [0.2, 0.25) is 0 Å². The molecule has 0 unspecified atom stereocenters. The Labute approximate surface area is 185 Å². The van der Waals surface area contributed by atoms with Gasteiger partial charge in [0, 0.05) is 16.8 Å². The van der Waals surface area contributed by atoms with Crippen molar-refractivity contribution in [2.75, 3.05) is 0 Å². The molecule has 0 saturated heterocycles. The lowest BCUT2D eigenvalue weighted by atomic mass is 10.1. The SMILES string of the molecule is Cc1ccc(OCc2cccc(OCc3ccc4ccccc4n3)c2)c2ccc(=O)[nH]c12. The maximum atomic E-state index is 11.7. The maximum absolute atomic E-state index is 11.7. The number of fused-ring (bicyclic) bond motifs is 2. The third kappa shape index (κ3) is 4.18. The molecule has 0 fully saturated rings. The van der Waals surface area contributed by atoms with E-state index < -0.39 is 0 Å². The highest BCUT2D eigenvalue weighted by Crippen LogP contribution is 2.27. The Morgan fingerprint density at radius 2 is 1.75 bits per heavy atom. The van der Waals surface area contributed by atoms with Gasteiger partial charge in [-0.3, -0.25) is 4.79 Å². The van der Waals surface area contributed by atoms with Crippen molar-refractivity contribution in [3.63, 3.8) is 0 Å². The quantitative estimate of drug-likeness (QED) is 0.390. The molecule has 2 heterocycles. The van der Waals surface area contributed by atoms with Crippen LogP contribution in [0.5, 0.6) is 11.5 Å². The molecule has 0 aliphatic carbocycles. The van der Waals surface area contributed by atoms with Gasteiger partial charge in [-0.2, -0.15) is 0 Å². The third-order valence-corrected chi connectivity index (χ3v) is 5.40. The summed E-state index contributed by atoms with van der Waals surface area (Å²) < 4.78 is 12.1. The second-order valence-electron chi connectivity index (χ2n) is 7.71. The minimum absolute atomic E-state index is 0.122. The molecule has 5 rings (SSSR count). The Morgan fingerprint density at radius 1 is 0.844 bits per heavy atom. The van der Waals surface area contributed by atoms with Gasteiger partial charge in [-0.25, -0.2) is 4.98 Å². The van der Waals surface area contributed by atoms with Crippen LogP contribution in [0.15, 0.2) is 89.7 Å². The molecule has 0 saturated carbocycles. The average molecular weight is 422 g/mol. The molecule has 3 aromatic carbocycles. The van der Waals surface area contributed by atoms with E-state index in [0.29, 0.717) is 13.2 Å². The van der Waals surface area contributed by atoms with E-state index in [2.05, 4.69) is 16.0 Å². The molecule has 5 aromatic rings. The van der Waals surface area contributed by atoms with Crippen molar-refractivity contribution in [3.8, 4) is 11.5 Å². The van der Waals surface area contributed by atoms with Crippen LogP contribution in [0.25, 0.3) is 21.8 Å². The number of H-pyrrole nitrogens is 1. The zero-order valence-corrected chi connectivity index (χ0v) is 17.7. The van der Waals surface area contributed by atoms with E-state index in [9.17, 15) is 4.79 Å². The molecular formula is C27H22N2O3. The molecule has 0 atom stereocenters. The summed E-state index contributed by atoms with van der Waals surface area (Å²) in [4.78, 5) is 19.2. The van der Waals surface area contributed by atoms with Crippen molar-refractivity contribution in [1.29, 1.82) is 0 Å². The number of hydrogen-bond acceptors (Lipinski definition) is 4. The van der Waals surface area contributed by atoms with Gasteiger partial charge >= 0.3 is 0 Å². The smallest absolute Gasteiger partial charge is 0.248 e. The fraction of sp³-hybridized carbons (Fsp3) is 0.111. The van der Waals surface area contributed by atoms with Gasteiger partial charge in [0.2, 0.25) is 5.56 Å². The molecule has 0 spiro atoms. The number of nitrogens with zero attached hydrogens (tertiary/aromatic N) is 1. The van der Waals surface area contributed by atoms with Crippen molar-refractivity contribution < 1.29 is 9.47 Å². The highest BCUT2D eigenvalue weighted by Gasteiger charge is 2.07. The number of para-hydroxylation sites is 1. The van der Waals surface area contributed by atoms with E-state index >= 15 is 0 Å². The number of aromatic amines is 1. The van der Waals surface area contributed by atoms with Crippen LogP contribution < -0.4 is 15.0 Å². The summed E-state index contributed by atoms with van der Waals surface area (Å²) in [7, 11) is 0. The number of pyridine rings is 2. The van der Waals surface area contributed by atoms with Gasteiger partial charge in [0.15, 0.2) is 0 Å². The summed E-state index contributed by atoms with van der Waals surface area (Å²) in [5.74, 6) is 1.49. The Kier molecular flexibility index (Phi) is 5.30. The Hall–Kier alpha value is -4.12. The number of rotatable bonds is 6. The second kappa shape index (κ2) is 8.55. The lowest BCUT2D eigenvalue weighted by molar-refractivity contribution is 0.294. The monoisotopic (exact) mass is 422 g/mol. The molecular weight excluding hydrogens is 400 g/mol. The van der Waals surface area contributed by atoms with Crippen LogP contribution in [0.4, 0.5) is 0 Å². The molecule has 1 N–H and O–H groups in total. The molecule has 0 bridgehead atoms. The predicted molar refractivity (Wildman–Crippen MR) is 126 cm³/mol. The van der Waals surface area contributed by atoms with Crippen LogP contribution in [0, 0.1) is 6.92 Å². The standard InChI is InChI=1S/C27H22N2O3/c1-18-9-13-25(23-12-14-26(30)29-27(18)23)32-16-19-5-4-7-22(15-19)31-17-21-11-10-20-6-2-3-8-24(20)28-21/h2-15H,16-17H2,1H3,(H,29,30). The first-order valence-electron chi connectivity index (χ1n) is 10.5. The molecule has 32 heavy (non-hydrogen) atoms. The van der Waals surface area contributed by atoms with Gasteiger partial charge in [0.1, 0.15) is 24.7 Å². The van der Waals surface area contributed by atoms with Gasteiger partial charge < -0.3 is 14.5 Å². The summed E-state index contributed by atoms with van der Waals surface area (Å²) in [5.41, 5.74) is 4.52. The number of nitrogens with one attached hydrogen (secondary N) is 1. The maximum Gasteiger partial charge on any atom is 0.248 e. The topological polar surface area (TPSA) is 64.2 Å². The van der Waals surface area contributed by atoms with E-state index in [-0.39, 0.29) is 5.56 Å². The van der Waals surface area contributed by atoms with E-state index in [1.165, 1.54) is 6.07 Å². The largest absolute Gasteiger partial charge is 0.488 e. The number of aryl methyl sites for hydroxylation is 1. The number of hydrogen-bond donors (Lipinski definition) is 1. The molecule has 0 aliphatic heterocycles. The van der Waals surface area contributed by atoms with E-state index in [1.807, 2.05) is 73.7 Å². The molecule has 5 heteroatoms. The minimum atomic E-state index is -0.122. The second-order valence-corrected chi connectivity index (χ2v) is 7.71. The van der Waals surface area contributed by atoms with Crippen LogP contribution in [0.1, 0.15) is 16.8 Å². The van der Waals surface area contributed by atoms with Gasteiger partial charge in [-0.05, 0) is 54.4 Å². The fourth-order valence-corrected chi connectivity index (χ4v) is 3.72. The van der Waals surface area contributed by atoms with Crippen molar-refractivity contribution in [1.82, 2.24) is 9.97 Å². The summed E-state index contributed by atoms with van der Waals surface area (Å²) in [5, 5.41) is 2.00. The lowest BCUT2D eigenvalue weighted by Gasteiger charge is -2.12. The fourth-order valence-electron chi connectivity index (χ4n) is 3.72. The Bertz CT molecular complexity index is 1470. The first-order chi connectivity index (χ1) is 15.7. The third-order valence-electron chi connectivity index (χ3n) is 5.40. The molecule has 5 nitrogen and oxygen atoms in total. The first-order valence-corrected chi connectivity index (χ1v) is 10.5. The van der Waals surface area contributed by atoms with Crippen LogP contribution >= 0.6 is 0 Å². The number of ether oxygens (including phenoxy) is 2. The number of aromatic nitrogens is 2. The predicted octanol–water partition coefficient (Wildman–Crippen LogP) is 5.54. The van der Waals surface area contributed by atoms with Crippen LogP contribution in [-0.4, -0.2) is 9.97 Å². The highest BCUT2D eigenvalue weighted by molar-refractivity contribution is 5.87. The van der Waals surface area contributed by atoms with Gasteiger partial charge in [0.05, 0.1) is 16.7 Å². The summed E-state index contributed by atoms with van der Waals surface area (Å²) in [6.07, 6.45) is 0. The minimum Gasteiger partial charge on any atom is -0.488 e.